The van der Waals surface area contributed by atoms with E-state index in [0.717, 1.165) is 27.1 Å². The van der Waals surface area contributed by atoms with Crippen molar-refractivity contribution in [1.82, 2.24) is 15.0 Å². The number of aromatic nitrogens is 3. The highest BCUT2D eigenvalue weighted by atomic mass is 79.9. The average Bonchev–Trinajstić information content (AvgIpc) is 2.39. The first-order valence-electron chi connectivity index (χ1n) is 6.20. The van der Waals surface area contributed by atoms with Gasteiger partial charge in [0.05, 0.1) is 10.2 Å². The lowest BCUT2D eigenvalue weighted by atomic mass is 10.1. The zero-order chi connectivity index (χ0) is 14.0. The van der Waals surface area contributed by atoms with Gasteiger partial charge in [0, 0.05) is 25.0 Å². The molecule has 0 aliphatic carbocycles. The molecule has 0 unspecified atom stereocenters. The summed E-state index contributed by atoms with van der Waals surface area (Å²) in [4.78, 5) is 13.4. The minimum absolute atomic E-state index is 0.320. The van der Waals surface area contributed by atoms with Crippen LogP contribution >= 0.6 is 15.9 Å². The van der Waals surface area contributed by atoms with Crippen LogP contribution in [-0.4, -0.2) is 22.0 Å². The van der Waals surface area contributed by atoms with Crippen molar-refractivity contribution in [2.24, 2.45) is 0 Å². The summed E-state index contributed by atoms with van der Waals surface area (Å²) in [6.07, 6.45) is 3.59. The van der Waals surface area contributed by atoms with Crippen molar-refractivity contribution in [3.63, 3.8) is 0 Å². The summed E-state index contributed by atoms with van der Waals surface area (Å²) in [5, 5.41) is 3.10. The van der Waals surface area contributed by atoms with Gasteiger partial charge in [-0.1, -0.05) is 13.8 Å². The maximum Gasteiger partial charge on any atom is 0.163 e. The van der Waals surface area contributed by atoms with Crippen LogP contribution in [0.2, 0.25) is 0 Å². The number of rotatable bonds is 3. The van der Waals surface area contributed by atoms with E-state index in [1.807, 2.05) is 26.2 Å². The fraction of sp³-hybridized carbons (Fsp3) is 0.357. The lowest BCUT2D eigenvalue weighted by molar-refractivity contribution is 0.810. The van der Waals surface area contributed by atoms with E-state index in [0.29, 0.717) is 11.7 Å². The predicted molar refractivity (Wildman–Crippen MR) is 81.3 cm³/mol. The molecule has 0 aliphatic heterocycles. The molecule has 2 heterocycles. The van der Waals surface area contributed by atoms with Gasteiger partial charge in [-0.05, 0) is 40.4 Å². The van der Waals surface area contributed by atoms with Crippen LogP contribution in [0, 0.1) is 6.92 Å². The molecule has 1 N–H and O–H groups in total. The van der Waals surface area contributed by atoms with Crippen molar-refractivity contribution in [2.45, 2.75) is 26.7 Å². The van der Waals surface area contributed by atoms with Crippen molar-refractivity contribution in [3.05, 3.63) is 34.2 Å². The molecule has 19 heavy (non-hydrogen) atoms. The lowest BCUT2D eigenvalue weighted by Gasteiger charge is -2.14. The zero-order valence-corrected chi connectivity index (χ0v) is 13.1. The second kappa shape index (κ2) is 5.65. The third-order valence-electron chi connectivity index (χ3n) is 2.94. The topological polar surface area (TPSA) is 50.7 Å². The minimum Gasteiger partial charge on any atom is -0.372 e. The lowest BCUT2D eigenvalue weighted by Crippen LogP contribution is -2.05. The van der Waals surface area contributed by atoms with E-state index in [-0.39, 0.29) is 0 Å². The maximum absolute atomic E-state index is 4.67. The molecule has 2 aromatic heterocycles. The Kier molecular flexibility index (Phi) is 4.14. The fourth-order valence-electron chi connectivity index (χ4n) is 1.83. The molecule has 5 heteroatoms. The largest absolute Gasteiger partial charge is 0.372 e. The number of hydrogen-bond acceptors (Lipinski definition) is 4. The molecule has 4 nitrogen and oxygen atoms in total. The van der Waals surface area contributed by atoms with E-state index >= 15 is 0 Å². The first kappa shape index (κ1) is 13.9. The molecule has 0 amide bonds. The summed E-state index contributed by atoms with van der Waals surface area (Å²) >= 11 is 3.56. The van der Waals surface area contributed by atoms with Gasteiger partial charge in [0.15, 0.2) is 5.82 Å². The Labute approximate surface area is 121 Å². The quantitative estimate of drug-likeness (QED) is 0.935. The maximum atomic E-state index is 4.67. The van der Waals surface area contributed by atoms with Gasteiger partial charge in [-0.15, -0.1) is 0 Å². The van der Waals surface area contributed by atoms with Gasteiger partial charge in [0.2, 0.25) is 0 Å². The first-order valence-corrected chi connectivity index (χ1v) is 7.00. The van der Waals surface area contributed by atoms with E-state index in [2.05, 4.69) is 50.0 Å². The number of nitrogens with one attached hydrogen (secondary N) is 1. The van der Waals surface area contributed by atoms with Crippen LogP contribution in [0.4, 0.5) is 5.82 Å². The van der Waals surface area contributed by atoms with E-state index in [4.69, 9.17) is 0 Å². The summed E-state index contributed by atoms with van der Waals surface area (Å²) in [6, 6.07) is 1.97. The SMILES string of the molecule is CNc1nc(-c2cnccc2C)nc(C(C)C)c1Br. The number of pyridine rings is 1. The molecular formula is C14H17BrN4. The molecule has 0 aliphatic rings. The summed E-state index contributed by atoms with van der Waals surface area (Å²) in [6.45, 7) is 6.27. The Bertz CT molecular complexity index is 596. The highest BCUT2D eigenvalue weighted by Gasteiger charge is 2.16. The number of halogens is 1. The summed E-state index contributed by atoms with van der Waals surface area (Å²) < 4.78 is 0.926. The number of anilines is 1. The fourth-order valence-corrected chi connectivity index (χ4v) is 2.66. The zero-order valence-electron chi connectivity index (χ0n) is 11.5. The summed E-state index contributed by atoms with van der Waals surface area (Å²) in [5.74, 6) is 1.83. The third kappa shape index (κ3) is 2.76. The molecule has 0 spiro atoms. The normalized spacial score (nSPS) is 10.8. The van der Waals surface area contributed by atoms with Crippen LogP contribution in [0.1, 0.15) is 31.0 Å². The second-order valence-corrected chi connectivity index (χ2v) is 5.48. The monoisotopic (exact) mass is 320 g/mol. The molecule has 0 bridgehead atoms. The van der Waals surface area contributed by atoms with Crippen LogP contribution in [0.5, 0.6) is 0 Å². The van der Waals surface area contributed by atoms with Gasteiger partial charge in [-0.2, -0.15) is 0 Å². The molecular weight excluding hydrogens is 304 g/mol. The van der Waals surface area contributed by atoms with Crippen LogP contribution in [0.25, 0.3) is 11.4 Å². The Morgan fingerprint density at radius 3 is 2.58 bits per heavy atom. The van der Waals surface area contributed by atoms with Gasteiger partial charge < -0.3 is 5.32 Å². The van der Waals surface area contributed by atoms with E-state index < -0.39 is 0 Å². The van der Waals surface area contributed by atoms with Gasteiger partial charge >= 0.3 is 0 Å². The van der Waals surface area contributed by atoms with Crippen LogP contribution in [-0.2, 0) is 0 Å². The van der Waals surface area contributed by atoms with Crippen molar-refractivity contribution in [1.29, 1.82) is 0 Å². The molecule has 2 aromatic rings. The van der Waals surface area contributed by atoms with E-state index in [1.165, 1.54) is 0 Å². The number of nitrogens with zero attached hydrogens (tertiary/aromatic N) is 3. The molecule has 0 aromatic carbocycles. The molecule has 0 saturated carbocycles. The minimum atomic E-state index is 0.320. The standard InChI is InChI=1S/C14H17BrN4/c1-8(2)12-11(15)14(16-4)19-13(18-12)10-7-17-6-5-9(10)3/h5-8H,1-4H3,(H,16,18,19). The molecule has 100 valence electrons. The number of hydrogen-bond donors (Lipinski definition) is 1. The van der Waals surface area contributed by atoms with Gasteiger partial charge in [-0.25, -0.2) is 9.97 Å². The second-order valence-electron chi connectivity index (χ2n) is 4.69. The van der Waals surface area contributed by atoms with Crippen molar-refractivity contribution in [3.8, 4) is 11.4 Å². The molecule has 0 atom stereocenters. The average molecular weight is 321 g/mol. The van der Waals surface area contributed by atoms with Gasteiger partial charge in [-0.3, -0.25) is 4.98 Å². The highest BCUT2D eigenvalue weighted by Crippen LogP contribution is 2.31. The van der Waals surface area contributed by atoms with E-state index in [1.54, 1.807) is 6.20 Å². The Hall–Kier alpha value is -1.49. The van der Waals surface area contributed by atoms with E-state index in [9.17, 15) is 0 Å². The summed E-state index contributed by atoms with van der Waals surface area (Å²) in [7, 11) is 1.86. The molecule has 0 saturated heterocycles. The molecule has 0 fully saturated rings. The van der Waals surface area contributed by atoms with Crippen molar-refractivity contribution >= 4 is 21.7 Å². The first-order chi connectivity index (χ1) is 9.04. The van der Waals surface area contributed by atoms with Gasteiger partial charge in [0.25, 0.3) is 0 Å². The summed E-state index contributed by atoms with van der Waals surface area (Å²) in [5.41, 5.74) is 3.08. The van der Waals surface area contributed by atoms with Crippen LogP contribution in [0.3, 0.4) is 0 Å². The Morgan fingerprint density at radius 2 is 2.00 bits per heavy atom. The predicted octanol–water partition coefficient (Wildman–Crippen LogP) is 3.77. The highest BCUT2D eigenvalue weighted by molar-refractivity contribution is 9.10. The van der Waals surface area contributed by atoms with Gasteiger partial charge in [0.1, 0.15) is 5.82 Å². The van der Waals surface area contributed by atoms with Crippen LogP contribution < -0.4 is 5.32 Å². The van der Waals surface area contributed by atoms with Crippen molar-refractivity contribution in [2.75, 3.05) is 12.4 Å². The Balaban J connectivity index is 2.65. The third-order valence-corrected chi connectivity index (χ3v) is 3.72. The Morgan fingerprint density at radius 1 is 1.26 bits per heavy atom. The van der Waals surface area contributed by atoms with Crippen LogP contribution in [0.15, 0.2) is 22.9 Å². The molecule has 0 radical (unpaired) electrons. The smallest absolute Gasteiger partial charge is 0.163 e. The van der Waals surface area contributed by atoms with Crippen molar-refractivity contribution < 1.29 is 0 Å². The number of aryl methyl sites for hydroxylation is 1. The molecule has 2 rings (SSSR count).